The summed E-state index contributed by atoms with van der Waals surface area (Å²) >= 11 is 1.90. The molecule has 15 rings (SSSR count). The van der Waals surface area contributed by atoms with Crippen LogP contribution in [0.25, 0.3) is 42.4 Å². The zero-order valence-electron chi connectivity index (χ0n) is 40.1. The van der Waals surface area contributed by atoms with E-state index in [0.717, 1.165) is 22.7 Å². The molecule has 0 amide bonds. The van der Waals surface area contributed by atoms with Crippen LogP contribution in [-0.4, -0.2) is 6.71 Å². The van der Waals surface area contributed by atoms with Crippen LogP contribution in [0.1, 0.15) is 49.9 Å². The maximum Gasteiger partial charge on any atom is 0.252 e. The van der Waals surface area contributed by atoms with Crippen LogP contribution in [0.4, 0.5) is 51.2 Å². The summed E-state index contributed by atoms with van der Waals surface area (Å²) in [7, 11) is 0. The molecular weight excluding hydrogens is 878 g/mol. The van der Waals surface area contributed by atoms with E-state index >= 15 is 0 Å². The number of para-hydroxylation sites is 3. The van der Waals surface area contributed by atoms with Gasteiger partial charge in [-0.2, -0.15) is 0 Å². The Labute approximate surface area is 419 Å². The number of anilines is 9. The molecule has 3 nitrogen and oxygen atoms in total. The van der Waals surface area contributed by atoms with Gasteiger partial charge in [-0.1, -0.05) is 179 Å². The van der Waals surface area contributed by atoms with Gasteiger partial charge in [-0.15, -0.1) is 11.3 Å². The van der Waals surface area contributed by atoms with Crippen LogP contribution in [0.3, 0.4) is 0 Å². The van der Waals surface area contributed by atoms with E-state index in [1.54, 1.807) is 0 Å². The maximum absolute atomic E-state index is 2.63. The third kappa shape index (κ3) is 5.50. The van der Waals surface area contributed by atoms with Crippen molar-refractivity contribution in [3.8, 4) is 22.3 Å². The molecular formula is C66H48BN3S. The fourth-order valence-electron chi connectivity index (χ4n) is 13.3. The largest absolute Gasteiger partial charge is 0.311 e. The van der Waals surface area contributed by atoms with E-state index in [1.807, 2.05) is 11.3 Å². The summed E-state index contributed by atoms with van der Waals surface area (Å²) in [6.07, 6.45) is 0. The van der Waals surface area contributed by atoms with Gasteiger partial charge in [-0.05, 0) is 116 Å². The normalized spacial score (nSPS) is 14.9. The van der Waals surface area contributed by atoms with Gasteiger partial charge in [0, 0.05) is 76.3 Å². The number of fused-ring (bicyclic) bond motifs is 15. The van der Waals surface area contributed by atoms with Crippen LogP contribution in [0.15, 0.2) is 218 Å². The van der Waals surface area contributed by atoms with Gasteiger partial charge in [0.05, 0.1) is 17.1 Å². The SMILES string of the molecule is CC1(C)c2ccccc2-c2c(N(c3ccccc3)c3cc4c5c(c3)N(c3ccccc3)c3c(ccc6sc7ccccc7c36)B5c3ccc5c(c3N4c3ccccc3)-c3ccccc3C5(C)C)cccc21. The van der Waals surface area contributed by atoms with Gasteiger partial charge in [0.15, 0.2) is 0 Å². The number of rotatable bonds is 5. The molecule has 5 heteroatoms. The smallest absolute Gasteiger partial charge is 0.252 e. The fourth-order valence-corrected chi connectivity index (χ4v) is 14.4. The van der Waals surface area contributed by atoms with Crippen LogP contribution in [0.2, 0.25) is 0 Å². The summed E-state index contributed by atoms with van der Waals surface area (Å²) in [4.78, 5) is 7.80. The van der Waals surface area contributed by atoms with Crippen molar-refractivity contribution in [2.24, 2.45) is 0 Å². The quantitative estimate of drug-likeness (QED) is 0.159. The van der Waals surface area contributed by atoms with E-state index in [1.165, 1.54) is 110 Å². The number of nitrogens with zero attached hydrogens (tertiary/aromatic N) is 3. The zero-order chi connectivity index (χ0) is 47.3. The van der Waals surface area contributed by atoms with Gasteiger partial charge in [0.1, 0.15) is 0 Å². The minimum absolute atomic E-state index is 0.0676. The molecule has 0 atom stereocenters. The van der Waals surface area contributed by atoms with Crippen molar-refractivity contribution < 1.29 is 0 Å². The zero-order valence-corrected chi connectivity index (χ0v) is 40.9. The van der Waals surface area contributed by atoms with Crippen molar-refractivity contribution in [1.82, 2.24) is 0 Å². The van der Waals surface area contributed by atoms with Gasteiger partial charge < -0.3 is 14.7 Å². The van der Waals surface area contributed by atoms with Crippen LogP contribution >= 0.6 is 11.3 Å². The summed E-state index contributed by atoms with van der Waals surface area (Å²) in [5, 5.41) is 2.60. The van der Waals surface area contributed by atoms with E-state index < -0.39 is 0 Å². The molecule has 71 heavy (non-hydrogen) atoms. The Bertz CT molecular complexity index is 4020. The molecule has 11 aromatic rings. The topological polar surface area (TPSA) is 9.72 Å². The van der Waals surface area contributed by atoms with Crippen molar-refractivity contribution in [1.29, 1.82) is 0 Å². The van der Waals surface area contributed by atoms with Gasteiger partial charge in [-0.25, -0.2) is 0 Å². The van der Waals surface area contributed by atoms with Crippen LogP contribution in [-0.2, 0) is 10.8 Å². The summed E-state index contributed by atoms with van der Waals surface area (Å²) in [6.45, 7) is 9.52. The summed E-state index contributed by atoms with van der Waals surface area (Å²) < 4.78 is 2.60. The minimum Gasteiger partial charge on any atom is -0.311 e. The molecule has 0 saturated heterocycles. The Morgan fingerprint density at radius 3 is 1.62 bits per heavy atom. The molecule has 4 aliphatic rings. The van der Waals surface area contributed by atoms with Gasteiger partial charge >= 0.3 is 0 Å². The molecule has 10 aromatic carbocycles. The summed E-state index contributed by atoms with van der Waals surface area (Å²) in [6, 6.07) is 82.4. The highest BCUT2D eigenvalue weighted by Crippen LogP contribution is 2.59. The van der Waals surface area contributed by atoms with E-state index in [4.69, 9.17) is 0 Å². The van der Waals surface area contributed by atoms with Crippen LogP contribution < -0.4 is 31.1 Å². The highest BCUT2D eigenvalue weighted by molar-refractivity contribution is 7.26. The van der Waals surface area contributed by atoms with E-state index in [-0.39, 0.29) is 17.5 Å². The number of hydrogen-bond acceptors (Lipinski definition) is 4. The first-order valence-corrected chi connectivity index (χ1v) is 25.8. The molecule has 336 valence electrons. The molecule has 0 spiro atoms. The second kappa shape index (κ2) is 14.7. The Kier molecular flexibility index (Phi) is 8.44. The molecule has 0 unspecified atom stereocenters. The fraction of sp³-hybridized carbons (Fsp3) is 0.0909. The van der Waals surface area contributed by atoms with Crippen molar-refractivity contribution in [2.75, 3.05) is 14.7 Å². The monoisotopic (exact) mass is 925 g/mol. The lowest BCUT2D eigenvalue weighted by molar-refractivity contribution is 0.660. The first kappa shape index (κ1) is 40.7. The Hall–Kier alpha value is -8.12. The number of benzene rings is 10. The number of hydrogen-bond donors (Lipinski definition) is 0. The van der Waals surface area contributed by atoms with Gasteiger partial charge in [0.2, 0.25) is 0 Å². The summed E-state index contributed by atoms with van der Waals surface area (Å²) in [5.74, 6) is 0. The predicted octanol–water partition coefficient (Wildman–Crippen LogP) is 16.2. The lowest BCUT2D eigenvalue weighted by Crippen LogP contribution is -2.61. The van der Waals surface area contributed by atoms with Crippen LogP contribution in [0, 0.1) is 0 Å². The molecule has 0 fully saturated rings. The molecule has 1 aromatic heterocycles. The van der Waals surface area contributed by atoms with Crippen molar-refractivity contribution >= 4 is 106 Å². The van der Waals surface area contributed by atoms with Gasteiger partial charge in [-0.3, -0.25) is 0 Å². The highest BCUT2D eigenvalue weighted by Gasteiger charge is 2.48. The third-order valence-electron chi connectivity index (χ3n) is 16.4. The van der Waals surface area contributed by atoms with Crippen molar-refractivity contribution in [3.05, 3.63) is 241 Å². The molecule has 2 aliphatic heterocycles. The summed E-state index contributed by atoms with van der Waals surface area (Å²) in [5.41, 5.74) is 24.9. The third-order valence-corrected chi connectivity index (χ3v) is 17.5. The lowest BCUT2D eigenvalue weighted by atomic mass is 9.33. The lowest BCUT2D eigenvalue weighted by Gasteiger charge is -2.46. The van der Waals surface area contributed by atoms with Crippen molar-refractivity contribution in [2.45, 2.75) is 38.5 Å². The molecule has 0 bridgehead atoms. The standard InChI is InChI=1S/C66H48BN3S/c1-65(2)48-30-17-14-27-45(48)59-50(65)32-20-33-54(59)68(41-21-8-5-9-22-41)44-39-55-62-56(40-44)70(43-25-12-7-13-26-43)64-53(37-38-58-61(64)47-29-16-19-34-57(47)71-58)67(62)52-36-35-51-60(46-28-15-18-31-49(46)66(51,3)4)63(52)69(55)42-23-10-6-11-24-42/h5-40H,1-4H3. The van der Waals surface area contributed by atoms with E-state index in [9.17, 15) is 0 Å². The molecule has 0 N–H and O–H groups in total. The molecule has 0 saturated carbocycles. The van der Waals surface area contributed by atoms with Gasteiger partial charge in [0.25, 0.3) is 6.71 Å². The number of thiophene rings is 1. The Balaban J connectivity index is 1.13. The molecule has 3 heterocycles. The average molecular weight is 926 g/mol. The van der Waals surface area contributed by atoms with Crippen molar-refractivity contribution in [3.63, 3.8) is 0 Å². The van der Waals surface area contributed by atoms with E-state index in [2.05, 4.69) is 261 Å². The predicted molar refractivity (Wildman–Crippen MR) is 303 cm³/mol. The maximum atomic E-state index is 2.63. The average Bonchev–Trinajstić information content (AvgIpc) is 4.00. The highest BCUT2D eigenvalue weighted by atomic mass is 32.1. The first-order valence-electron chi connectivity index (χ1n) is 25.0. The minimum atomic E-state index is -0.186. The molecule has 0 radical (unpaired) electrons. The Morgan fingerprint density at radius 2 is 0.944 bits per heavy atom. The molecule has 2 aliphatic carbocycles. The Morgan fingerprint density at radius 1 is 0.423 bits per heavy atom. The second-order valence-electron chi connectivity index (χ2n) is 20.8. The van der Waals surface area contributed by atoms with Crippen LogP contribution in [0.5, 0.6) is 0 Å². The van der Waals surface area contributed by atoms with E-state index in [0.29, 0.717) is 0 Å². The first-order chi connectivity index (χ1) is 34.8. The second-order valence-corrected chi connectivity index (χ2v) is 21.9.